The number of fused-ring (bicyclic) bond motifs is 1. The van der Waals surface area contributed by atoms with Crippen LogP contribution in [-0.4, -0.2) is 24.0 Å². The molecule has 2 rings (SSSR count). The Bertz CT molecular complexity index is 425. The minimum absolute atomic E-state index is 0.0120. The molecule has 1 aromatic carbocycles. The van der Waals surface area contributed by atoms with Crippen LogP contribution >= 0.6 is 0 Å². The topological polar surface area (TPSA) is 41.3 Å². The summed E-state index contributed by atoms with van der Waals surface area (Å²) in [6, 6.07) is 7.00. The summed E-state index contributed by atoms with van der Waals surface area (Å²) in [5.41, 5.74) is 9.30. The Morgan fingerprint density at radius 2 is 1.94 bits per heavy atom. The van der Waals surface area contributed by atoms with Gasteiger partial charge in [-0.3, -0.25) is 4.90 Å². The molecule has 1 heterocycles. The molecule has 1 aliphatic heterocycles. The number of hydrogen-bond donors (Lipinski definition) is 2. The zero-order valence-corrected chi connectivity index (χ0v) is 11.4. The average Bonchev–Trinajstić information content (AvgIpc) is 2.33. The summed E-state index contributed by atoms with van der Waals surface area (Å²) in [7, 11) is 2.18. The van der Waals surface area contributed by atoms with Crippen molar-refractivity contribution in [3.8, 4) is 0 Å². The van der Waals surface area contributed by atoms with Crippen LogP contribution in [0.1, 0.15) is 33.3 Å². The number of hydrogen-bond acceptors (Lipinski definition) is 3. The van der Waals surface area contributed by atoms with Crippen molar-refractivity contribution in [1.29, 1.82) is 0 Å². The van der Waals surface area contributed by atoms with Gasteiger partial charge >= 0.3 is 0 Å². The molecule has 1 aromatic rings. The second kappa shape index (κ2) is 3.91. The second-order valence-electron chi connectivity index (χ2n) is 5.61. The van der Waals surface area contributed by atoms with E-state index in [1.54, 1.807) is 0 Å². The third kappa shape index (κ3) is 1.78. The van der Waals surface area contributed by atoms with E-state index in [0.29, 0.717) is 12.1 Å². The lowest BCUT2D eigenvalue weighted by Gasteiger charge is -2.39. The summed E-state index contributed by atoms with van der Waals surface area (Å²) in [6.07, 6.45) is 0. The van der Waals surface area contributed by atoms with Gasteiger partial charge in [0.2, 0.25) is 0 Å². The van der Waals surface area contributed by atoms with E-state index in [4.69, 9.17) is 5.73 Å². The van der Waals surface area contributed by atoms with E-state index in [1.807, 2.05) is 12.1 Å². The Morgan fingerprint density at radius 1 is 1.29 bits per heavy atom. The lowest BCUT2D eigenvalue weighted by atomic mass is 9.90. The number of nitrogen functional groups attached to an aromatic ring is 1. The van der Waals surface area contributed by atoms with Gasteiger partial charge in [0.25, 0.3) is 0 Å². The van der Waals surface area contributed by atoms with Gasteiger partial charge in [-0.1, -0.05) is 12.1 Å². The van der Waals surface area contributed by atoms with Crippen molar-refractivity contribution in [2.75, 3.05) is 18.1 Å². The van der Waals surface area contributed by atoms with Crippen LogP contribution in [0.4, 0.5) is 11.4 Å². The zero-order valence-electron chi connectivity index (χ0n) is 11.4. The lowest BCUT2D eigenvalue weighted by molar-refractivity contribution is 0.106. The van der Waals surface area contributed by atoms with Crippen molar-refractivity contribution >= 4 is 11.4 Å². The quantitative estimate of drug-likeness (QED) is 0.677. The van der Waals surface area contributed by atoms with Crippen molar-refractivity contribution < 1.29 is 0 Å². The number of para-hydroxylation sites is 1. The van der Waals surface area contributed by atoms with Gasteiger partial charge in [-0.25, -0.2) is 0 Å². The molecule has 17 heavy (non-hydrogen) atoms. The fraction of sp³-hybridized carbons (Fsp3) is 0.571. The molecule has 2 atom stereocenters. The van der Waals surface area contributed by atoms with Gasteiger partial charge < -0.3 is 11.1 Å². The van der Waals surface area contributed by atoms with Gasteiger partial charge in [-0.2, -0.15) is 0 Å². The predicted molar refractivity (Wildman–Crippen MR) is 74.2 cm³/mol. The molecule has 0 spiro atoms. The largest absolute Gasteiger partial charge is 0.397 e. The van der Waals surface area contributed by atoms with Gasteiger partial charge in [0, 0.05) is 17.6 Å². The van der Waals surface area contributed by atoms with E-state index < -0.39 is 0 Å². The molecule has 0 saturated carbocycles. The van der Waals surface area contributed by atoms with E-state index in [-0.39, 0.29) is 5.54 Å². The molecule has 3 heteroatoms. The molecule has 2 unspecified atom stereocenters. The molecule has 0 amide bonds. The first kappa shape index (κ1) is 12.2. The monoisotopic (exact) mass is 233 g/mol. The maximum Gasteiger partial charge on any atom is 0.0627 e. The zero-order chi connectivity index (χ0) is 12.8. The van der Waals surface area contributed by atoms with Gasteiger partial charge in [0.05, 0.1) is 11.4 Å². The summed E-state index contributed by atoms with van der Waals surface area (Å²) < 4.78 is 0. The highest BCUT2D eigenvalue weighted by Gasteiger charge is 2.37. The van der Waals surface area contributed by atoms with Gasteiger partial charge in [0.15, 0.2) is 0 Å². The Morgan fingerprint density at radius 3 is 2.59 bits per heavy atom. The molecular weight excluding hydrogens is 210 g/mol. The van der Waals surface area contributed by atoms with E-state index >= 15 is 0 Å². The molecule has 0 radical (unpaired) electrons. The van der Waals surface area contributed by atoms with Crippen LogP contribution in [0.3, 0.4) is 0 Å². The van der Waals surface area contributed by atoms with Crippen LogP contribution in [0, 0.1) is 0 Å². The molecule has 0 aliphatic carbocycles. The Hall–Kier alpha value is -1.22. The molecule has 0 saturated heterocycles. The van der Waals surface area contributed by atoms with Gasteiger partial charge in [-0.15, -0.1) is 0 Å². The Labute approximate surface area is 104 Å². The predicted octanol–water partition coefficient (Wildman–Crippen LogP) is 2.64. The lowest BCUT2D eigenvalue weighted by Crippen LogP contribution is -2.47. The summed E-state index contributed by atoms with van der Waals surface area (Å²) in [5, 5.41) is 3.56. The van der Waals surface area contributed by atoms with E-state index in [9.17, 15) is 0 Å². The van der Waals surface area contributed by atoms with Crippen LogP contribution in [0.2, 0.25) is 0 Å². The van der Waals surface area contributed by atoms with Crippen molar-refractivity contribution in [2.45, 2.75) is 45.3 Å². The van der Waals surface area contributed by atoms with Crippen LogP contribution in [0.15, 0.2) is 18.2 Å². The van der Waals surface area contributed by atoms with Crippen molar-refractivity contribution in [3.63, 3.8) is 0 Å². The Balaban J connectivity index is 2.62. The molecule has 0 bridgehead atoms. The normalized spacial score (nSPS) is 28.1. The molecular formula is C14H23N3. The Kier molecular flexibility index (Phi) is 2.82. The molecule has 0 aromatic heterocycles. The van der Waals surface area contributed by atoms with Crippen molar-refractivity contribution in [3.05, 3.63) is 23.8 Å². The number of nitrogens with zero attached hydrogens (tertiary/aromatic N) is 1. The first-order valence-corrected chi connectivity index (χ1v) is 6.24. The van der Waals surface area contributed by atoms with Crippen LogP contribution in [0.25, 0.3) is 0 Å². The molecule has 3 N–H and O–H groups in total. The SMILES string of the molecule is CC1Nc2c(N)cccc2C(C)(C)N(C)C1C. The van der Waals surface area contributed by atoms with Crippen LogP contribution < -0.4 is 11.1 Å². The number of benzene rings is 1. The van der Waals surface area contributed by atoms with E-state index in [0.717, 1.165) is 11.4 Å². The first-order chi connectivity index (χ1) is 7.85. The summed E-state index contributed by atoms with van der Waals surface area (Å²) >= 11 is 0. The molecule has 0 fully saturated rings. The van der Waals surface area contributed by atoms with Crippen LogP contribution in [-0.2, 0) is 5.54 Å². The summed E-state index contributed by atoms with van der Waals surface area (Å²) in [4.78, 5) is 2.41. The smallest absolute Gasteiger partial charge is 0.0627 e. The van der Waals surface area contributed by atoms with Gasteiger partial charge in [-0.05, 0) is 46.4 Å². The number of nitrogens with two attached hydrogens (primary N) is 1. The van der Waals surface area contributed by atoms with Gasteiger partial charge in [0.1, 0.15) is 0 Å². The first-order valence-electron chi connectivity index (χ1n) is 6.24. The molecule has 3 nitrogen and oxygen atoms in total. The minimum Gasteiger partial charge on any atom is -0.397 e. The second-order valence-corrected chi connectivity index (χ2v) is 5.61. The van der Waals surface area contributed by atoms with Crippen molar-refractivity contribution in [2.24, 2.45) is 0 Å². The maximum atomic E-state index is 6.10. The standard InChI is InChI=1S/C14H23N3/c1-9-10(2)17(5)14(3,4)11-7-6-8-12(15)13(11)16-9/h6-10,16H,15H2,1-5H3. The maximum absolute atomic E-state index is 6.10. The molecule has 94 valence electrons. The fourth-order valence-electron chi connectivity index (χ4n) is 2.62. The molecule has 1 aliphatic rings. The van der Waals surface area contributed by atoms with E-state index in [2.05, 4.69) is 51.0 Å². The third-order valence-corrected chi connectivity index (χ3v) is 4.34. The number of anilines is 2. The number of likely N-dealkylation sites (N-methyl/N-ethyl adjacent to an activating group) is 1. The summed E-state index contributed by atoms with van der Waals surface area (Å²) in [6.45, 7) is 8.96. The number of rotatable bonds is 0. The highest BCUT2D eigenvalue weighted by Crippen LogP contribution is 2.40. The average molecular weight is 233 g/mol. The highest BCUT2D eigenvalue weighted by molar-refractivity contribution is 5.72. The number of nitrogens with one attached hydrogen (secondary N) is 1. The van der Waals surface area contributed by atoms with Crippen molar-refractivity contribution in [1.82, 2.24) is 4.90 Å². The van der Waals surface area contributed by atoms with E-state index in [1.165, 1.54) is 5.56 Å². The fourth-order valence-corrected chi connectivity index (χ4v) is 2.62. The highest BCUT2D eigenvalue weighted by atomic mass is 15.2. The van der Waals surface area contributed by atoms with Crippen LogP contribution in [0.5, 0.6) is 0 Å². The third-order valence-electron chi connectivity index (χ3n) is 4.34. The summed E-state index contributed by atoms with van der Waals surface area (Å²) in [5.74, 6) is 0. The minimum atomic E-state index is -0.0120.